The van der Waals surface area contributed by atoms with Crippen LogP contribution in [0.5, 0.6) is 5.75 Å². The van der Waals surface area contributed by atoms with E-state index in [1.54, 1.807) is 31.2 Å². The van der Waals surface area contributed by atoms with Gasteiger partial charge in [-0.25, -0.2) is 0 Å². The van der Waals surface area contributed by atoms with Gasteiger partial charge >= 0.3 is 0 Å². The van der Waals surface area contributed by atoms with Crippen molar-refractivity contribution < 1.29 is 9.53 Å². The number of benzene rings is 2. The number of anilines is 1. The molecule has 2 rings (SSSR count). The molecule has 0 bridgehead atoms. The van der Waals surface area contributed by atoms with E-state index in [0.717, 1.165) is 11.1 Å². The van der Waals surface area contributed by atoms with Gasteiger partial charge in [-0.05, 0) is 62.2 Å². The van der Waals surface area contributed by atoms with E-state index in [1.165, 1.54) is 0 Å². The predicted molar refractivity (Wildman–Crippen MR) is 85.8 cm³/mol. The summed E-state index contributed by atoms with van der Waals surface area (Å²) in [4.78, 5) is 12.2. The first kappa shape index (κ1) is 15.6. The average molecular weight is 294 g/mol. The summed E-state index contributed by atoms with van der Waals surface area (Å²) < 4.78 is 5.74. The highest BCUT2D eigenvalue weighted by atomic mass is 16.5. The molecule has 0 aliphatic heterocycles. The van der Waals surface area contributed by atoms with E-state index >= 15 is 0 Å². The van der Waals surface area contributed by atoms with E-state index in [1.807, 2.05) is 38.1 Å². The van der Waals surface area contributed by atoms with Crippen LogP contribution >= 0.6 is 0 Å². The second kappa shape index (κ2) is 6.77. The highest BCUT2D eigenvalue weighted by molar-refractivity contribution is 5.94. The molecule has 0 heterocycles. The van der Waals surface area contributed by atoms with Crippen LogP contribution < -0.4 is 10.1 Å². The molecular weight excluding hydrogens is 276 g/mol. The molecule has 0 saturated carbocycles. The van der Waals surface area contributed by atoms with Crippen molar-refractivity contribution in [2.45, 2.75) is 26.9 Å². The van der Waals surface area contributed by atoms with Gasteiger partial charge in [0.15, 0.2) is 6.10 Å². The first-order valence-electron chi connectivity index (χ1n) is 7.05. The van der Waals surface area contributed by atoms with Crippen molar-refractivity contribution in [1.82, 2.24) is 0 Å². The number of nitrogens with zero attached hydrogens (tertiary/aromatic N) is 1. The molecule has 112 valence electrons. The van der Waals surface area contributed by atoms with Crippen LogP contribution in [0.2, 0.25) is 0 Å². The van der Waals surface area contributed by atoms with Gasteiger partial charge < -0.3 is 10.1 Å². The molecule has 0 saturated heterocycles. The summed E-state index contributed by atoms with van der Waals surface area (Å²) in [5.74, 6) is 0.480. The van der Waals surface area contributed by atoms with Crippen LogP contribution in [0, 0.1) is 25.2 Å². The van der Waals surface area contributed by atoms with E-state index < -0.39 is 6.10 Å². The zero-order valence-electron chi connectivity index (χ0n) is 12.9. The van der Waals surface area contributed by atoms with Crippen molar-refractivity contribution in [1.29, 1.82) is 5.26 Å². The van der Waals surface area contributed by atoms with Crippen LogP contribution in [0.3, 0.4) is 0 Å². The average Bonchev–Trinajstić information content (AvgIpc) is 2.52. The Hall–Kier alpha value is -2.80. The molecule has 1 atom stereocenters. The molecule has 2 aromatic carbocycles. The van der Waals surface area contributed by atoms with Crippen LogP contribution in [0.4, 0.5) is 5.69 Å². The third-order valence-corrected chi connectivity index (χ3v) is 3.51. The van der Waals surface area contributed by atoms with E-state index in [2.05, 4.69) is 5.32 Å². The first-order valence-corrected chi connectivity index (χ1v) is 7.05. The smallest absolute Gasteiger partial charge is 0.265 e. The molecule has 0 aliphatic rings. The lowest BCUT2D eigenvalue weighted by molar-refractivity contribution is -0.122. The maximum atomic E-state index is 12.2. The third kappa shape index (κ3) is 3.64. The summed E-state index contributed by atoms with van der Waals surface area (Å²) in [5, 5.41) is 11.5. The molecule has 2 aromatic rings. The van der Waals surface area contributed by atoms with Crippen LogP contribution in [0.15, 0.2) is 42.5 Å². The lowest BCUT2D eigenvalue weighted by Gasteiger charge is -2.17. The number of amides is 1. The molecular formula is C18H18N2O2. The Bertz CT molecular complexity index is 715. The van der Waals surface area contributed by atoms with Crippen molar-refractivity contribution >= 4 is 11.6 Å². The minimum Gasteiger partial charge on any atom is -0.481 e. The number of carbonyl (C=O) groups is 1. The van der Waals surface area contributed by atoms with Crippen molar-refractivity contribution in [3.8, 4) is 11.8 Å². The van der Waals surface area contributed by atoms with Crippen molar-refractivity contribution in [3.05, 3.63) is 59.2 Å². The summed E-state index contributed by atoms with van der Waals surface area (Å²) >= 11 is 0. The molecule has 22 heavy (non-hydrogen) atoms. The molecule has 0 aromatic heterocycles. The van der Waals surface area contributed by atoms with Crippen LogP contribution in [-0.4, -0.2) is 12.0 Å². The topological polar surface area (TPSA) is 62.1 Å². The summed E-state index contributed by atoms with van der Waals surface area (Å²) in [6, 6.07) is 14.5. The van der Waals surface area contributed by atoms with E-state index in [9.17, 15) is 4.79 Å². The Morgan fingerprint density at radius 2 is 1.86 bits per heavy atom. The predicted octanol–water partition coefficient (Wildman–Crippen LogP) is 3.58. The number of nitrogens with one attached hydrogen (secondary N) is 1. The van der Waals surface area contributed by atoms with Crippen molar-refractivity contribution in [2.24, 2.45) is 0 Å². The second-order valence-electron chi connectivity index (χ2n) is 5.14. The Balaban J connectivity index is 2.02. The molecule has 4 nitrogen and oxygen atoms in total. The third-order valence-electron chi connectivity index (χ3n) is 3.51. The van der Waals surface area contributed by atoms with Gasteiger partial charge in [-0.15, -0.1) is 0 Å². The Morgan fingerprint density at radius 3 is 2.50 bits per heavy atom. The molecule has 1 amide bonds. The molecule has 0 radical (unpaired) electrons. The lowest BCUT2D eigenvalue weighted by atomic mass is 10.1. The lowest BCUT2D eigenvalue weighted by Crippen LogP contribution is -2.30. The molecule has 0 spiro atoms. The van der Waals surface area contributed by atoms with Gasteiger partial charge in [0.1, 0.15) is 5.75 Å². The normalized spacial score (nSPS) is 11.4. The Morgan fingerprint density at radius 1 is 1.18 bits per heavy atom. The summed E-state index contributed by atoms with van der Waals surface area (Å²) in [6.07, 6.45) is -0.615. The van der Waals surface area contributed by atoms with Gasteiger partial charge in [0.05, 0.1) is 11.6 Å². The zero-order chi connectivity index (χ0) is 16.1. The summed E-state index contributed by atoms with van der Waals surface area (Å²) in [5.41, 5.74) is 3.34. The fraction of sp³-hybridized carbons (Fsp3) is 0.222. The molecule has 4 heteroatoms. The minimum atomic E-state index is -0.615. The largest absolute Gasteiger partial charge is 0.481 e. The fourth-order valence-corrected chi connectivity index (χ4v) is 1.97. The van der Waals surface area contributed by atoms with Gasteiger partial charge in [-0.1, -0.05) is 12.1 Å². The number of aryl methyl sites for hydroxylation is 1. The molecule has 0 unspecified atom stereocenters. The maximum absolute atomic E-state index is 12.2. The van der Waals surface area contributed by atoms with Crippen LogP contribution in [-0.2, 0) is 4.79 Å². The summed E-state index contributed by atoms with van der Waals surface area (Å²) in [6.45, 7) is 5.68. The molecule has 0 fully saturated rings. The Kier molecular flexibility index (Phi) is 4.80. The quantitative estimate of drug-likeness (QED) is 0.937. The molecule has 1 N–H and O–H groups in total. The van der Waals surface area contributed by atoms with E-state index in [-0.39, 0.29) is 5.91 Å². The highest BCUT2D eigenvalue weighted by Crippen LogP contribution is 2.22. The Labute approximate surface area is 130 Å². The minimum absolute atomic E-state index is 0.231. The number of nitriles is 1. The standard InChI is InChI=1S/C18H18N2O2/c1-12-5-4-6-17(13(12)2)22-14(3)18(21)20-16-9-7-15(11-19)8-10-16/h4-10,14H,1-3H3,(H,20,21)/t14-/m1/s1. The van der Waals surface area contributed by atoms with Gasteiger partial charge in [0.2, 0.25) is 0 Å². The van der Waals surface area contributed by atoms with Crippen LogP contribution in [0.1, 0.15) is 23.6 Å². The van der Waals surface area contributed by atoms with E-state index in [0.29, 0.717) is 17.0 Å². The van der Waals surface area contributed by atoms with Gasteiger partial charge in [-0.3, -0.25) is 4.79 Å². The number of ether oxygens (including phenoxy) is 1. The SMILES string of the molecule is Cc1cccc(O[C@H](C)C(=O)Nc2ccc(C#N)cc2)c1C. The first-order chi connectivity index (χ1) is 10.5. The summed E-state index contributed by atoms with van der Waals surface area (Å²) in [7, 11) is 0. The van der Waals surface area contributed by atoms with Gasteiger partial charge in [0.25, 0.3) is 5.91 Å². The van der Waals surface area contributed by atoms with Crippen LogP contribution in [0.25, 0.3) is 0 Å². The number of hydrogen-bond donors (Lipinski definition) is 1. The number of carbonyl (C=O) groups excluding carboxylic acids is 1. The van der Waals surface area contributed by atoms with Crippen molar-refractivity contribution in [3.63, 3.8) is 0 Å². The van der Waals surface area contributed by atoms with Gasteiger partial charge in [-0.2, -0.15) is 5.26 Å². The fourth-order valence-electron chi connectivity index (χ4n) is 1.97. The second-order valence-corrected chi connectivity index (χ2v) is 5.14. The van der Waals surface area contributed by atoms with Crippen molar-refractivity contribution in [2.75, 3.05) is 5.32 Å². The highest BCUT2D eigenvalue weighted by Gasteiger charge is 2.16. The number of hydrogen-bond acceptors (Lipinski definition) is 3. The van der Waals surface area contributed by atoms with Gasteiger partial charge in [0, 0.05) is 5.69 Å². The molecule has 0 aliphatic carbocycles. The number of rotatable bonds is 4. The maximum Gasteiger partial charge on any atom is 0.265 e. The van der Waals surface area contributed by atoms with E-state index in [4.69, 9.17) is 10.00 Å². The zero-order valence-corrected chi connectivity index (χ0v) is 12.9. The monoisotopic (exact) mass is 294 g/mol.